The minimum Gasteiger partial charge on any atom is -0.272 e. The molecule has 0 radical (unpaired) electrons. The van der Waals surface area contributed by atoms with Crippen molar-refractivity contribution in [3.63, 3.8) is 0 Å². The molecule has 0 spiro atoms. The van der Waals surface area contributed by atoms with E-state index in [1.165, 1.54) is 6.08 Å². The maximum absolute atomic E-state index is 10.6. The zero-order valence-electron chi connectivity index (χ0n) is 6.56. The van der Waals surface area contributed by atoms with Crippen molar-refractivity contribution in [2.75, 3.05) is 0 Å². The molecule has 0 unspecified atom stereocenters. The van der Waals surface area contributed by atoms with Gasteiger partial charge in [-0.1, -0.05) is 29.8 Å². The third-order valence-electron chi connectivity index (χ3n) is 1.10. The standard InChI is InChI=1S/C7H10BrNO2/c1-7(2,8)4-3-6(11)9-5-10/h3-4H2,1-2H3. The predicted octanol–water partition coefficient (Wildman–Crippen LogP) is 1.80. The fraction of sp³-hybridized carbons (Fsp3) is 0.714. The van der Waals surface area contributed by atoms with E-state index in [0.717, 1.165) is 0 Å². The SMILES string of the molecule is CC(C)(Br)CCC(=O)N=C=O. The second-order valence-electron chi connectivity index (χ2n) is 2.82. The second kappa shape index (κ2) is 4.42. The van der Waals surface area contributed by atoms with Gasteiger partial charge in [0.15, 0.2) is 0 Å². The Kier molecular flexibility index (Phi) is 4.23. The zero-order valence-corrected chi connectivity index (χ0v) is 8.14. The largest absolute Gasteiger partial charge is 0.272 e. The van der Waals surface area contributed by atoms with Gasteiger partial charge in [-0.3, -0.25) is 4.79 Å². The molecule has 0 heterocycles. The van der Waals surface area contributed by atoms with E-state index >= 15 is 0 Å². The highest BCUT2D eigenvalue weighted by atomic mass is 79.9. The van der Waals surface area contributed by atoms with Crippen LogP contribution in [0.3, 0.4) is 0 Å². The number of nitrogens with zero attached hydrogens (tertiary/aromatic N) is 1. The quantitative estimate of drug-likeness (QED) is 0.413. The van der Waals surface area contributed by atoms with Crippen molar-refractivity contribution in [2.45, 2.75) is 31.0 Å². The fourth-order valence-electron chi connectivity index (χ4n) is 0.511. The van der Waals surface area contributed by atoms with Crippen molar-refractivity contribution >= 4 is 27.9 Å². The van der Waals surface area contributed by atoms with E-state index in [0.29, 0.717) is 6.42 Å². The minimum atomic E-state index is -0.410. The summed E-state index contributed by atoms with van der Waals surface area (Å²) in [6.07, 6.45) is 2.16. The Morgan fingerprint density at radius 1 is 1.64 bits per heavy atom. The van der Waals surface area contributed by atoms with Crippen LogP contribution in [0.2, 0.25) is 0 Å². The lowest BCUT2D eigenvalue weighted by atomic mass is 10.1. The van der Waals surface area contributed by atoms with Crippen LogP contribution in [0.1, 0.15) is 26.7 Å². The summed E-state index contributed by atoms with van der Waals surface area (Å²) in [4.78, 5) is 23.2. The molecular weight excluding hydrogens is 210 g/mol. The van der Waals surface area contributed by atoms with Crippen LogP contribution in [-0.2, 0) is 9.59 Å². The molecule has 0 saturated heterocycles. The maximum atomic E-state index is 10.6. The summed E-state index contributed by atoms with van der Waals surface area (Å²) in [5.74, 6) is -0.410. The molecule has 0 fully saturated rings. The Hall–Kier alpha value is -0.470. The molecular formula is C7H10BrNO2. The summed E-state index contributed by atoms with van der Waals surface area (Å²) < 4.78 is -0.0684. The molecule has 3 nitrogen and oxygen atoms in total. The van der Waals surface area contributed by atoms with E-state index < -0.39 is 5.91 Å². The van der Waals surface area contributed by atoms with Gasteiger partial charge in [0.1, 0.15) is 0 Å². The number of rotatable bonds is 3. The lowest BCUT2D eigenvalue weighted by Crippen LogP contribution is -2.10. The second-order valence-corrected chi connectivity index (χ2v) is 4.96. The van der Waals surface area contributed by atoms with Gasteiger partial charge in [0.2, 0.25) is 6.08 Å². The van der Waals surface area contributed by atoms with Crippen molar-refractivity contribution in [3.05, 3.63) is 0 Å². The number of aliphatic imine (C=N–C) groups is 1. The first-order chi connectivity index (χ1) is 4.95. The molecule has 0 aliphatic carbocycles. The average Bonchev–Trinajstić information content (AvgIpc) is 1.83. The average molecular weight is 220 g/mol. The summed E-state index contributed by atoms with van der Waals surface area (Å²) in [6.45, 7) is 3.90. The summed E-state index contributed by atoms with van der Waals surface area (Å²) in [5, 5.41) is 0. The zero-order chi connectivity index (χ0) is 8.91. The van der Waals surface area contributed by atoms with E-state index in [1.807, 2.05) is 13.8 Å². The van der Waals surface area contributed by atoms with Gasteiger partial charge in [0.05, 0.1) is 0 Å². The number of carbonyl (C=O) groups excluding carboxylic acids is 2. The highest BCUT2D eigenvalue weighted by Gasteiger charge is 2.13. The van der Waals surface area contributed by atoms with Gasteiger partial charge in [-0.05, 0) is 6.42 Å². The molecule has 1 amide bonds. The number of hydrogen-bond donors (Lipinski definition) is 0. The number of halogens is 1. The monoisotopic (exact) mass is 219 g/mol. The number of hydrogen-bond acceptors (Lipinski definition) is 2. The molecule has 0 saturated carbocycles. The topological polar surface area (TPSA) is 46.5 Å². The molecule has 0 aromatic rings. The third kappa shape index (κ3) is 7.43. The van der Waals surface area contributed by atoms with Gasteiger partial charge < -0.3 is 0 Å². The number of amides is 1. The maximum Gasteiger partial charge on any atom is 0.256 e. The molecule has 0 atom stereocenters. The first kappa shape index (κ1) is 10.5. The molecule has 11 heavy (non-hydrogen) atoms. The van der Waals surface area contributed by atoms with Crippen molar-refractivity contribution in [2.24, 2.45) is 4.99 Å². The Morgan fingerprint density at radius 3 is 2.55 bits per heavy atom. The van der Waals surface area contributed by atoms with Crippen LogP contribution >= 0.6 is 15.9 Å². The molecule has 0 aliphatic heterocycles. The van der Waals surface area contributed by atoms with Crippen molar-refractivity contribution < 1.29 is 9.59 Å². The summed E-state index contributed by atoms with van der Waals surface area (Å²) >= 11 is 3.37. The number of carbonyl (C=O) groups is 1. The molecule has 0 rings (SSSR count). The molecule has 0 bridgehead atoms. The summed E-state index contributed by atoms with van der Waals surface area (Å²) in [5.41, 5.74) is 0. The predicted molar refractivity (Wildman–Crippen MR) is 45.4 cm³/mol. The number of isocyanates is 1. The van der Waals surface area contributed by atoms with Gasteiger partial charge in [-0.15, -0.1) is 4.99 Å². The van der Waals surface area contributed by atoms with Crippen molar-refractivity contribution in [3.8, 4) is 0 Å². The molecule has 62 valence electrons. The molecule has 0 aromatic heterocycles. The van der Waals surface area contributed by atoms with Gasteiger partial charge in [0.25, 0.3) is 5.91 Å². The van der Waals surface area contributed by atoms with E-state index in [4.69, 9.17) is 0 Å². The summed E-state index contributed by atoms with van der Waals surface area (Å²) in [6, 6.07) is 0. The van der Waals surface area contributed by atoms with E-state index in [9.17, 15) is 9.59 Å². The highest BCUT2D eigenvalue weighted by molar-refractivity contribution is 9.10. The molecule has 0 N–H and O–H groups in total. The number of alkyl halides is 1. The van der Waals surface area contributed by atoms with Crippen LogP contribution in [0, 0.1) is 0 Å². The smallest absolute Gasteiger partial charge is 0.256 e. The summed E-state index contributed by atoms with van der Waals surface area (Å²) in [7, 11) is 0. The molecule has 0 aliphatic rings. The Morgan fingerprint density at radius 2 is 2.18 bits per heavy atom. The van der Waals surface area contributed by atoms with Crippen LogP contribution < -0.4 is 0 Å². The molecule has 4 heteroatoms. The fourth-order valence-corrected chi connectivity index (χ4v) is 0.709. The third-order valence-corrected chi connectivity index (χ3v) is 1.50. The first-order valence-electron chi connectivity index (χ1n) is 3.25. The lowest BCUT2D eigenvalue weighted by molar-refractivity contribution is -0.117. The normalized spacial score (nSPS) is 10.5. The minimum absolute atomic E-state index is 0.0684. The van der Waals surface area contributed by atoms with Gasteiger partial charge >= 0.3 is 0 Å². The van der Waals surface area contributed by atoms with Crippen molar-refractivity contribution in [1.82, 2.24) is 0 Å². The van der Waals surface area contributed by atoms with Crippen LogP contribution in [0.4, 0.5) is 0 Å². The highest BCUT2D eigenvalue weighted by Crippen LogP contribution is 2.22. The van der Waals surface area contributed by atoms with Crippen LogP contribution in [0.5, 0.6) is 0 Å². The Balaban J connectivity index is 3.72. The van der Waals surface area contributed by atoms with Gasteiger partial charge in [0, 0.05) is 10.7 Å². The Labute approximate surface area is 74.0 Å². The van der Waals surface area contributed by atoms with Crippen molar-refractivity contribution in [1.29, 1.82) is 0 Å². The molecule has 0 aromatic carbocycles. The van der Waals surface area contributed by atoms with Gasteiger partial charge in [-0.25, -0.2) is 4.79 Å². The van der Waals surface area contributed by atoms with E-state index in [-0.39, 0.29) is 10.7 Å². The van der Waals surface area contributed by atoms with E-state index in [1.54, 1.807) is 0 Å². The van der Waals surface area contributed by atoms with Crippen LogP contribution in [-0.4, -0.2) is 16.3 Å². The van der Waals surface area contributed by atoms with Crippen LogP contribution in [0.25, 0.3) is 0 Å². The van der Waals surface area contributed by atoms with Crippen LogP contribution in [0.15, 0.2) is 4.99 Å². The first-order valence-corrected chi connectivity index (χ1v) is 4.04. The Bertz CT molecular complexity index is 189. The lowest BCUT2D eigenvalue weighted by Gasteiger charge is -2.13. The van der Waals surface area contributed by atoms with E-state index in [2.05, 4.69) is 20.9 Å². The van der Waals surface area contributed by atoms with Gasteiger partial charge in [-0.2, -0.15) is 0 Å².